The van der Waals surface area contributed by atoms with Gasteiger partial charge in [-0.2, -0.15) is 0 Å². The zero-order valence-corrected chi connectivity index (χ0v) is 12.9. The van der Waals surface area contributed by atoms with Crippen molar-refractivity contribution in [2.75, 3.05) is 6.61 Å². The van der Waals surface area contributed by atoms with Crippen molar-refractivity contribution in [3.05, 3.63) is 58.9 Å². The van der Waals surface area contributed by atoms with Crippen LogP contribution in [0.2, 0.25) is 5.02 Å². The van der Waals surface area contributed by atoms with Crippen molar-refractivity contribution < 1.29 is 14.6 Å². The fourth-order valence-corrected chi connectivity index (χ4v) is 1.98. The standard InChI is InChI=1S/C16H17ClN2O3/c1-11(12-2-4-13(17)5-3-12)19-16(21)10-22-15-7-6-14(9-20)18-8-15/h2-8,11,20H,9-10H2,1H3,(H,19,21). The lowest BCUT2D eigenvalue weighted by atomic mass is 10.1. The average Bonchev–Trinajstić information content (AvgIpc) is 2.54. The van der Waals surface area contributed by atoms with Crippen molar-refractivity contribution in [2.24, 2.45) is 0 Å². The molecule has 1 aromatic heterocycles. The van der Waals surface area contributed by atoms with Crippen LogP contribution in [0.3, 0.4) is 0 Å². The molecule has 2 aromatic rings. The summed E-state index contributed by atoms with van der Waals surface area (Å²) in [5.41, 5.74) is 1.51. The summed E-state index contributed by atoms with van der Waals surface area (Å²) in [7, 11) is 0. The summed E-state index contributed by atoms with van der Waals surface area (Å²) in [5, 5.41) is 12.4. The molecule has 2 rings (SSSR count). The Kier molecular flexibility index (Phi) is 5.75. The number of carbonyl (C=O) groups excluding carboxylic acids is 1. The lowest BCUT2D eigenvalue weighted by molar-refractivity contribution is -0.123. The van der Waals surface area contributed by atoms with E-state index in [-0.39, 0.29) is 25.2 Å². The number of aromatic nitrogens is 1. The maximum absolute atomic E-state index is 11.9. The Hall–Kier alpha value is -2.11. The average molecular weight is 321 g/mol. The van der Waals surface area contributed by atoms with Crippen molar-refractivity contribution >= 4 is 17.5 Å². The number of hydrogen-bond acceptors (Lipinski definition) is 4. The highest BCUT2D eigenvalue weighted by Crippen LogP contribution is 2.16. The van der Waals surface area contributed by atoms with Gasteiger partial charge < -0.3 is 15.2 Å². The van der Waals surface area contributed by atoms with Crippen LogP contribution < -0.4 is 10.1 Å². The molecule has 0 bridgehead atoms. The van der Waals surface area contributed by atoms with Crippen molar-refractivity contribution in [1.82, 2.24) is 10.3 Å². The number of carbonyl (C=O) groups is 1. The number of pyridine rings is 1. The number of halogens is 1. The second-order valence-corrected chi connectivity index (χ2v) is 5.21. The Morgan fingerprint density at radius 3 is 2.64 bits per heavy atom. The highest BCUT2D eigenvalue weighted by molar-refractivity contribution is 6.30. The van der Waals surface area contributed by atoms with Crippen LogP contribution in [-0.2, 0) is 11.4 Å². The molecule has 5 nitrogen and oxygen atoms in total. The van der Waals surface area contributed by atoms with Gasteiger partial charge in [0, 0.05) is 5.02 Å². The number of hydrogen-bond donors (Lipinski definition) is 2. The van der Waals surface area contributed by atoms with Gasteiger partial charge in [-0.25, -0.2) is 0 Å². The highest BCUT2D eigenvalue weighted by atomic mass is 35.5. The first-order chi connectivity index (χ1) is 10.6. The molecule has 1 amide bonds. The molecule has 6 heteroatoms. The normalized spacial score (nSPS) is 11.8. The topological polar surface area (TPSA) is 71.5 Å². The molecule has 22 heavy (non-hydrogen) atoms. The Bertz CT molecular complexity index is 614. The zero-order chi connectivity index (χ0) is 15.9. The van der Waals surface area contributed by atoms with E-state index in [4.69, 9.17) is 21.4 Å². The van der Waals surface area contributed by atoms with Gasteiger partial charge >= 0.3 is 0 Å². The third kappa shape index (κ3) is 4.72. The lowest BCUT2D eigenvalue weighted by Gasteiger charge is -2.14. The summed E-state index contributed by atoms with van der Waals surface area (Å²) in [6.07, 6.45) is 1.47. The van der Waals surface area contributed by atoms with Crippen LogP contribution in [0, 0.1) is 0 Å². The summed E-state index contributed by atoms with van der Waals surface area (Å²) >= 11 is 5.83. The molecular formula is C16H17ClN2O3. The molecule has 1 heterocycles. The quantitative estimate of drug-likeness (QED) is 0.857. The van der Waals surface area contributed by atoms with E-state index in [1.165, 1.54) is 6.20 Å². The number of aliphatic hydroxyl groups excluding tert-OH is 1. The smallest absolute Gasteiger partial charge is 0.258 e. The molecule has 2 N–H and O–H groups in total. The first kappa shape index (κ1) is 16.3. The van der Waals surface area contributed by atoms with Gasteiger partial charge in [0.25, 0.3) is 5.91 Å². The van der Waals surface area contributed by atoms with Crippen LogP contribution in [0.1, 0.15) is 24.2 Å². The van der Waals surface area contributed by atoms with Crippen molar-refractivity contribution in [1.29, 1.82) is 0 Å². The molecule has 0 aliphatic heterocycles. The summed E-state index contributed by atoms with van der Waals surface area (Å²) in [5.74, 6) is 0.250. The van der Waals surface area contributed by atoms with Crippen molar-refractivity contribution in [3.63, 3.8) is 0 Å². The lowest BCUT2D eigenvalue weighted by Crippen LogP contribution is -2.31. The van der Waals surface area contributed by atoms with E-state index >= 15 is 0 Å². The van der Waals surface area contributed by atoms with Gasteiger partial charge in [-0.3, -0.25) is 9.78 Å². The van der Waals surface area contributed by atoms with Gasteiger partial charge in [-0.05, 0) is 36.8 Å². The van der Waals surface area contributed by atoms with E-state index in [1.807, 2.05) is 19.1 Å². The SMILES string of the molecule is CC(NC(=O)COc1ccc(CO)nc1)c1ccc(Cl)cc1. The highest BCUT2D eigenvalue weighted by Gasteiger charge is 2.10. The zero-order valence-electron chi connectivity index (χ0n) is 12.1. The van der Waals surface area contributed by atoms with E-state index in [0.717, 1.165) is 5.56 Å². The van der Waals surface area contributed by atoms with Crippen LogP contribution in [0.5, 0.6) is 5.75 Å². The number of nitrogens with one attached hydrogen (secondary N) is 1. The third-order valence-corrected chi connectivity index (χ3v) is 3.33. The number of rotatable bonds is 6. The van der Waals surface area contributed by atoms with E-state index in [2.05, 4.69) is 10.3 Å². The number of amides is 1. The Labute approximate surface area is 133 Å². The Morgan fingerprint density at radius 2 is 2.05 bits per heavy atom. The van der Waals surface area contributed by atoms with Gasteiger partial charge in [-0.1, -0.05) is 23.7 Å². The molecule has 0 radical (unpaired) electrons. The molecule has 0 fully saturated rings. The largest absolute Gasteiger partial charge is 0.482 e. The molecule has 0 saturated carbocycles. The van der Waals surface area contributed by atoms with Gasteiger partial charge in [0.2, 0.25) is 0 Å². The Balaban J connectivity index is 1.83. The van der Waals surface area contributed by atoms with E-state index < -0.39 is 0 Å². The van der Waals surface area contributed by atoms with E-state index in [1.54, 1.807) is 24.3 Å². The minimum atomic E-state index is -0.228. The van der Waals surface area contributed by atoms with Crippen LogP contribution in [0.25, 0.3) is 0 Å². The van der Waals surface area contributed by atoms with Crippen molar-refractivity contribution in [3.8, 4) is 5.75 Å². The van der Waals surface area contributed by atoms with Crippen LogP contribution >= 0.6 is 11.6 Å². The van der Waals surface area contributed by atoms with Gasteiger partial charge in [-0.15, -0.1) is 0 Å². The maximum Gasteiger partial charge on any atom is 0.258 e. The first-order valence-corrected chi connectivity index (χ1v) is 7.19. The van der Waals surface area contributed by atoms with Gasteiger partial charge in [0.1, 0.15) is 5.75 Å². The number of benzene rings is 1. The summed E-state index contributed by atoms with van der Waals surface area (Å²) in [6, 6.07) is 10.5. The molecule has 116 valence electrons. The fourth-order valence-electron chi connectivity index (χ4n) is 1.86. The van der Waals surface area contributed by atoms with Crippen LogP contribution in [-0.4, -0.2) is 22.6 Å². The monoisotopic (exact) mass is 320 g/mol. The number of nitrogens with zero attached hydrogens (tertiary/aromatic N) is 1. The third-order valence-electron chi connectivity index (χ3n) is 3.08. The first-order valence-electron chi connectivity index (χ1n) is 6.82. The maximum atomic E-state index is 11.9. The summed E-state index contributed by atoms with van der Waals surface area (Å²) in [4.78, 5) is 15.8. The molecule has 0 saturated heterocycles. The van der Waals surface area contributed by atoms with E-state index in [9.17, 15) is 4.79 Å². The molecular weight excluding hydrogens is 304 g/mol. The van der Waals surface area contributed by atoms with Crippen molar-refractivity contribution in [2.45, 2.75) is 19.6 Å². The van der Waals surface area contributed by atoms with Crippen LogP contribution in [0.4, 0.5) is 0 Å². The number of ether oxygens (including phenoxy) is 1. The molecule has 1 unspecified atom stereocenters. The van der Waals surface area contributed by atoms with Gasteiger partial charge in [0.05, 0.1) is 24.5 Å². The summed E-state index contributed by atoms with van der Waals surface area (Å²) < 4.78 is 5.35. The minimum Gasteiger partial charge on any atom is -0.482 e. The molecule has 1 atom stereocenters. The second-order valence-electron chi connectivity index (χ2n) is 4.77. The predicted molar refractivity (Wildman–Crippen MR) is 83.7 cm³/mol. The Morgan fingerprint density at radius 1 is 1.32 bits per heavy atom. The second kappa shape index (κ2) is 7.77. The van der Waals surface area contributed by atoms with E-state index in [0.29, 0.717) is 16.5 Å². The molecule has 0 aliphatic carbocycles. The summed E-state index contributed by atoms with van der Waals surface area (Å²) in [6.45, 7) is 1.66. The van der Waals surface area contributed by atoms with Crippen LogP contribution in [0.15, 0.2) is 42.6 Å². The molecule has 0 spiro atoms. The minimum absolute atomic E-state index is 0.0991. The molecule has 0 aliphatic rings. The number of aliphatic hydroxyl groups is 1. The molecule has 1 aromatic carbocycles. The fraction of sp³-hybridized carbons (Fsp3) is 0.250. The van der Waals surface area contributed by atoms with Gasteiger partial charge in [0.15, 0.2) is 6.61 Å². The predicted octanol–water partition coefficient (Wildman–Crippen LogP) is 2.48.